The summed E-state index contributed by atoms with van der Waals surface area (Å²) in [5.74, 6) is 0.993. The number of anilines is 1. The molecule has 1 aliphatic heterocycles. The molecule has 25 heavy (non-hydrogen) atoms. The molecular weight excluding hydrogens is 334 g/mol. The first kappa shape index (κ1) is 16.0. The first-order chi connectivity index (χ1) is 12.2. The monoisotopic (exact) mass is 353 g/mol. The van der Waals surface area contributed by atoms with Gasteiger partial charge in [-0.25, -0.2) is 4.98 Å². The van der Waals surface area contributed by atoms with Gasteiger partial charge in [0.05, 0.1) is 11.4 Å². The Kier molecular flexibility index (Phi) is 4.31. The van der Waals surface area contributed by atoms with Crippen molar-refractivity contribution in [1.82, 2.24) is 19.1 Å². The molecule has 1 N–H and O–H groups in total. The second kappa shape index (κ2) is 6.76. The van der Waals surface area contributed by atoms with Crippen molar-refractivity contribution >= 4 is 23.1 Å². The average Bonchev–Trinajstić information content (AvgIpc) is 3.28. The third-order valence-electron chi connectivity index (χ3n) is 4.42. The van der Waals surface area contributed by atoms with Gasteiger partial charge in [-0.1, -0.05) is 23.5 Å². The van der Waals surface area contributed by atoms with Crippen molar-refractivity contribution in [2.45, 2.75) is 39.2 Å². The Morgan fingerprint density at radius 1 is 1.36 bits per heavy atom. The van der Waals surface area contributed by atoms with Gasteiger partial charge in [0.25, 0.3) is 5.91 Å². The van der Waals surface area contributed by atoms with Crippen LogP contribution in [0.15, 0.2) is 30.5 Å². The van der Waals surface area contributed by atoms with Crippen molar-refractivity contribution in [3.05, 3.63) is 46.9 Å². The van der Waals surface area contributed by atoms with Crippen LogP contribution in [0, 0.1) is 0 Å². The van der Waals surface area contributed by atoms with Gasteiger partial charge in [0.2, 0.25) is 0 Å². The molecule has 0 saturated carbocycles. The van der Waals surface area contributed by atoms with Crippen LogP contribution in [0.1, 0.15) is 41.0 Å². The molecule has 3 aromatic rings. The maximum Gasteiger partial charge on any atom is 0.269 e. The second-order valence-electron chi connectivity index (χ2n) is 6.13. The fourth-order valence-electron chi connectivity index (χ4n) is 3.11. The first-order valence-electron chi connectivity index (χ1n) is 8.53. The number of hydrogen-bond acceptors (Lipinski definition) is 5. The largest absolute Gasteiger partial charge is 0.334 e. The van der Waals surface area contributed by atoms with Gasteiger partial charge in [0.1, 0.15) is 10.7 Å². The number of nitrogens with one attached hydrogen (secondary N) is 1. The maximum absolute atomic E-state index is 12.5. The van der Waals surface area contributed by atoms with Gasteiger partial charge in [0.15, 0.2) is 0 Å². The van der Waals surface area contributed by atoms with E-state index in [0.29, 0.717) is 11.3 Å². The van der Waals surface area contributed by atoms with Crippen LogP contribution < -0.4 is 5.32 Å². The lowest BCUT2D eigenvalue weighted by Gasteiger charge is -2.11. The number of carbonyl (C=O) groups excluding carboxylic acids is 1. The number of aryl methyl sites for hydroxylation is 3. The van der Waals surface area contributed by atoms with Crippen LogP contribution in [0.2, 0.25) is 0 Å². The van der Waals surface area contributed by atoms with Gasteiger partial charge >= 0.3 is 0 Å². The summed E-state index contributed by atoms with van der Waals surface area (Å²) in [6.07, 6.45) is 6.25. The third-order valence-corrected chi connectivity index (χ3v) is 5.19. The lowest BCUT2D eigenvalue weighted by Crippen LogP contribution is -2.12. The van der Waals surface area contributed by atoms with Crippen LogP contribution in [0.3, 0.4) is 0 Å². The van der Waals surface area contributed by atoms with Crippen molar-refractivity contribution in [2.75, 3.05) is 5.32 Å². The van der Waals surface area contributed by atoms with E-state index in [0.717, 1.165) is 53.0 Å². The molecule has 1 amide bonds. The summed E-state index contributed by atoms with van der Waals surface area (Å²) in [5, 5.41) is 6.94. The van der Waals surface area contributed by atoms with E-state index in [2.05, 4.69) is 25.7 Å². The molecule has 4 rings (SSSR count). The quantitative estimate of drug-likeness (QED) is 0.778. The molecule has 2 aromatic heterocycles. The molecule has 0 fully saturated rings. The number of benzene rings is 1. The predicted molar refractivity (Wildman–Crippen MR) is 97.8 cm³/mol. The highest BCUT2D eigenvalue weighted by atomic mass is 32.1. The summed E-state index contributed by atoms with van der Waals surface area (Å²) in [7, 11) is 0. The smallest absolute Gasteiger partial charge is 0.269 e. The van der Waals surface area contributed by atoms with E-state index in [1.165, 1.54) is 12.8 Å². The van der Waals surface area contributed by atoms with Crippen molar-refractivity contribution in [2.24, 2.45) is 0 Å². The molecule has 0 bridgehead atoms. The highest BCUT2D eigenvalue weighted by molar-refractivity contribution is 7.08. The number of carbonyl (C=O) groups is 1. The van der Waals surface area contributed by atoms with Crippen LogP contribution in [0.25, 0.3) is 11.3 Å². The van der Waals surface area contributed by atoms with E-state index in [1.54, 1.807) is 0 Å². The van der Waals surface area contributed by atoms with Gasteiger partial charge < -0.3 is 9.88 Å². The molecule has 0 radical (unpaired) electrons. The van der Waals surface area contributed by atoms with E-state index in [9.17, 15) is 4.79 Å². The minimum Gasteiger partial charge on any atom is -0.334 e. The topological polar surface area (TPSA) is 72.7 Å². The summed E-state index contributed by atoms with van der Waals surface area (Å²) in [6, 6.07) is 7.81. The molecular formula is C18H19N5OS. The number of aromatic nitrogens is 4. The average molecular weight is 353 g/mol. The Labute approximate surface area is 150 Å². The molecule has 1 aromatic carbocycles. The normalized spacial score (nSPS) is 13.5. The lowest BCUT2D eigenvalue weighted by molar-refractivity contribution is 0.102. The number of nitrogens with zero attached hydrogens (tertiary/aromatic N) is 4. The molecule has 0 saturated heterocycles. The summed E-state index contributed by atoms with van der Waals surface area (Å²) >= 11 is 1.13. The van der Waals surface area contributed by atoms with Crippen molar-refractivity contribution < 1.29 is 4.79 Å². The number of imidazole rings is 1. The SMILES string of the molecule is CCc1nnsc1C(=O)Nc1cccc(-c2cn3c(n2)CCCC3)c1. The summed E-state index contributed by atoms with van der Waals surface area (Å²) in [6.45, 7) is 3.01. The second-order valence-corrected chi connectivity index (χ2v) is 6.88. The fourth-order valence-corrected chi connectivity index (χ4v) is 3.75. The Morgan fingerprint density at radius 3 is 3.12 bits per heavy atom. The van der Waals surface area contributed by atoms with Crippen molar-refractivity contribution in [3.8, 4) is 11.3 Å². The molecule has 7 heteroatoms. The Hall–Kier alpha value is -2.54. The molecule has 0 aliphatic carbocycles. The van der Waals surface area contributed by atoms with Gasteiger partial charge in [-0.15, -0.1) is 5.10 Å². The molecule has 0 atom stereocenters. The minimum atomic E-state index is -0.159. The summed E-state index contributed by atoms with van der Waals surface area (Å²) in [4.78, 5) is 17.8. The fraction of sp³-hybridized carbons (Fsp3) is 0.333. The Balaban J connectivity index is 1.57. The first-order valence-corrected chi connectivity index (χ1v) is 9.31. The number of fused-ring (bicyclic) bond motifs is 1. The predicted octanol–water partition coefficient (Wildman–Crippen LogP) is 3.55. The van der Waals surface area contributed by atoms with Gasteiger partial charge in [-0.3, -0.25) is 4.79 Å². The number of rotatable bonds is 4. The highest BCUT2D eigenvalue weighted by Crippen LogP contribution is 2.25. The zero-order chi connectivity index (χ0) is 17.2. The Bertz CT molecular complexity index is 890. The molecule has 3 heterocycles. The van der Waals surface area contributed by atoms with Gasteiger partial charge in [-0.05, 0) is 42.9 Å². The Morgan fingerprint density at radius 2 is 2.28 bits per heavy atom. The van der Waals surface area contributed by atoms with Crippen LogP contribution in [0.4, 0.5) is 5.69 Å². The van der Waals surface area contributed by atoms with Crippen LogP contribution in [0.5, 0.6) is 0 Å². The molecule has 1 aliphatic rings. The van der Waals surface area contributed by atoms with Crippen LogP contribution in [-0.2, 0) is 19.4 Å². The van der Waals surface area contributed by atoms with Crippen molar-refractivity contribution in [1.29, 1.82) is 0 Å². The summed E-state index contributed by atoms with van der Waals surface area (Å²) < 4.78 is 6.11. The van der Waals surface area contributed by atoms with E-state index >= 15 is 0 Å². The third kappa shape index (κ3) is 3.19. The zero-order valence-electron chi connectivity index (χ0n) is 14.0. The zero-order valence-corrected chi connectivity index (χ0v) is 14.8. The van der Waals surface area contributed by atoms with Crippen LogP contribution >= 0.6 is 11.5 Å². The van der Waals surface area contributed by atoms with Gasteiger partial charge in [-0.2, -0.15) is 0 Å². The maximum atomic E-state index is 12.5. The van der Waals surface area contributed by atoms with Gasteiger partial charge in [0, 0.05) is 30.4 Å². The highest BCUT2D eigenvalue weighted by Gasteiger charge is 2.16. The molecule has 0 unspecified atom stereocenters. The van der Waals surface area contributed by atoms with E-state index in [1.807, 2.05) is 31.2 Å². The summed E-state index contributed by atoms with van der Waals surface area (Å²) in [5.41, 5.74) is 3.46. The standard InChI is InChI=1S/C18H19N5OS/c1-2-14-17(25-22-21-14)18(24)19-13-7-5-6-12(10-13)15-11-23-9-4-3-8-16(23)20-15/h5-7,10-11H,2-4,8-9H2,1H3,(H,19,24). The minimum absolute atomic E-state index is 0.159. The van der Waals surface area contributed by atoms with Crippen LogP contribution in [-0.4, -0.2) is 25.0 Å². The van der Waals surface area contributed by atoms with E-state index in [4.69, 9.17) is 4.98 Å². The van der Waals surface area contributed by atoms with E-state index in [-0.39, 0.29) is 5.91 Å². The molecule has 128 valence electrons. The lowest BCUT2D eigenvalue weighted by atomic mass is 10.1. The molecule has 0 spiro atoms. The molecule has 6 nitrogen and oxygen atoms in total. The van der Waals surface area contributed by atoms with Crippen molar-refractivity contribution in [3.63, 3.8) is 0 Å². The number of amides is 1. The van der Waals surface area contributed by atoms with E-state index < -0.39 is 0 Å². The number of hydrogen-bond donors (Lipinski definition) is 1.